The van der Waals surface area contributed by atoms with Gasteiger partial charge in [0.2, 0.25) is 17.7 Å². The average molecular weight is 394 g/mol. The van der Waals surface area contributed by atoms with Crippen molar-refractivity contribution in [2.75, 3.05) is 32.1 Å². The Balaban J connectivity index is 1.48. The maximum Gasteiger partial charge on any atom is 0.247 e. The summed E-state index contributed by atoms with van der Waals surface area (Å²) in [5.74, 6) is 2.16. The van der Waals surface area contributed by atoms with Gasteiger partial charge in [0.05, 0.1) is 19.3 Å². The molecule has 1 aliphatic heterocycles. The van der Waals surface area contributed by atoms with Gasteiger partial charge in [0.25, 0.3) is 0 Å². The van der Waals surface area contributed by atoms with Gasteiger partial charge < -0.3 is 19.2 Å². The van der Waals surface area contributed by atoms with Gasteiger partial charge in [-0.3, -0.25) is 9.69 Å². The van der Waals surface area contributed by atoms with Crippen molar-refractivity contribution in [3.63, 3.8) is 0 Å². The van der Waals surface area contributed by atoms with E-state index in [2.05, 4.69) is 20.4 Å². The van der Waals surface area contributed by atoms with Gasteiger partial charge in [-0.15, -0.1) is 10.2 Å². The number of para-hydroxylation sites is 1. The van der Waals surface area contributed by atoms with E-state index in [1.807, 2.05) is 30.3 Å². The number of amides is 1. The fourth-order valence-electron chi connectivity index (χ4n) is 3.26. The highest BCUT2D eigenvalue weighted by Crippen LogP contribution is 2.30. The molecule has 2 aromatic carbocycles. The van der Waals surface area contributed by atoms with Crippen molar-refractivity contribution in [2.24, 2.45) is 0 Å². The quantitative estimate of drug-likeness (QED) is 0.712. The molecule has 0 unspecified atom stereocenters. The number of fused-ring (bicyclic) bond motifs is 1. The molecule has 0 saturated heterocycles. The first-order chi connectivity index (χ1) is 14.1. The molecule has 0 radical (unpaired) electrons. The SMILES string of the molecule is COc1ccc(-c2nnc(C)o2)cc1NC(=O)CN1CCOc2ccccc2C1. The molecule has 8 nitrogen and oxygen atoms in total. The molecule has 29 heavy (non-hydrogen) atoms. The molecule has 8 heteroatoms. The first-order valence-corrected chi connectivity index (χ1v) is 9.34. The van der Waals surface area contributed by atoms with E-state index < -0.39 is 0 Å². The Bertz CT molecular complexity index is 1020. The van der Waals surface area contributed by atoms with Crippen LogP contribution in [0, 0.1) is 6.92 Å². The van der Waals surface area contributed by atoms with Gasteiger partial charge in [-0.1, -0.05) is 18.2 Å². The van der Waals surface area contributed by atoms with Crippen LogP contribution in [0.2, 0.25) is 0 Å². The molecule has 4 rings (SSSR count). The minimum Gasteiger partial charge on any atom is -0.495 e. The Morgan fingerprint density at radius 3 is 2.90 bits per heavy atom. The number of benzene rings is 2. The number of nitrogens with zero attached hydrogens (tertiary/aromatic N) is 3. The monoisotopic (exact) mass is 394 g/mol. The second-order valence-electron chi connectivity index (χ2n) is 6.76. The summed E-state index contributed by atoms with van der Waals surface area (Å²) in [5.41, 5.74) is 2.33. The van der Waals surface area contributed by atoms with Crippen LogP contribution in [0.3, 0.4) is 0 Å². The number of hydrogen-bond acceptors (Lipinski definition) is 7. The highest BCUT2D eigenvalue weighted by Gasteiger charge is 2.19. The Labute approximate surface area is 168 Å². The molecule has 2 heterocycles. The van der Waals surface area contributed by atoms with Gasteiger partial charge in [-0.2, -0.15) is 0 Å². The molecule has 0 atom stereocenters. The summed E-state index contributed by atoms with van der Waals surface area (Å²) >= 11 is 0. The van der Waals surface area contributed by atoms with Gasteiger partial charge in [-0.05, 0) is 24.3 Å². The lowest BCUT2D eigenvalue weighted by Gasteiger charge is -2.19. The molecule has 0 spiro atoms. The summed E-state index contributed by atoms with van der Waals surface area (Å²) in [6.07, 6.45) is 0. The zero-order valence-corrected chi connectivity index (χ0v) is 16.3. The van der Waals surface area contributed by atoms with Crippen LogP contribution >= 0.6 is 0 Å². The first-order valence-electron chi connectivity index (χ1n) is 9.34. The Kier molecular flexibility index (Phi) is 5.44. The van der Waals surface area contributed by atoms with Gasteiger partial charge in [0, 0.05) is 31.1 Å². The topological polar surface area (TPSA) is 89.7 Å². The van der Waals surface area contributed by atoms with Crippen molar-refractivity contribution in [1.29, 1.82) is 0 Å². The van der Waals surface area contributed by atoms with Gasteiger partial charge in [-0.25, -0.2) is 0 Å². The zero-order chi connectivity index (χ0) is 20.2. The van der Waals surface area contributed by atoms with Crippen LogP contribution in [-0.4, -0.2) is 47.8 Å². The highest BCUT2D eigenvalue weighted by atomic mass is 16.5. The molecule has 0 bridgehead atoms. The number of aromatic nitrogens is 2. The summed E-state index contributed by atoms with van der Waals surface area (Å²) in [6, 6.07) is 13.2. The number of ether oxygens (including phenoxy) is 2. The van der Waals surface area contributed by atoms with Gasteiger partial charge in [0.1, 0.15) is 18.1 Å². The summed E-state index contributed by atoms with van der Waals surface area (Å²) in [6.45, 7) is 3.83. The molecule has 1 aliphatic rings. The summed E-state index contributed by atoms with van der Waals surface area (Å²) in [5, 5.41) is 10.8. The number of carbonyl (C=O) groups excluding carboxylic acids is 1. The molecule has 3 aromatic rings. The number of hydrogen-bond donors (Lipinski definition) is 1. The third-order valence-corrected chi connectivity index (χ3v) is 4.65. The lowest BCUT2D eigenvalue weighted by atomic mass is 10.1. The maximum atomic E-state index is 12.7. The number of rotatable bonds is 5. The molecule has 0 saturated carbocycles. The van der Waals surface area contributed by atoms with Crippen LogP contribution in [0.15, 0.2) is 46.9 Å². The third kappa shape index (κ3) is 4.38. The largest absolute Gasteiger partial charge is 0.495 e. The van der Waals surface area contributed by atoms with Crippen molar-refractivity contribution in [2.45, 2.75) is 13.5 Å². The number of carbonyl (C=O) groups is 1. The molecule has 0 aliphatic carbocycles. The van der Waals surface area contributed by atoms with E-state index in [0.29, 0.717) is 48.5 Å². The van der Waals surface area contributed by atoms with Crippen molar-refractivity contribution in [3.05, 3.63) is 53.9 Å². The zero-order valence-electron chi connectivity index (χ0n) is 16.3. The lowest BCUT2D eigenvalue weighted by Crippen LogP contribution is -2.34. The number of anilines is 1. The lowest BCUT2D eigenvalue weighted by molar-refractivity contribution is -0.117. The number of methoxy groups -OCH3 is 1. The van der Waals surface area contributed by atoms with Crippen LogP contribution in [0.25, 0.3) is 11.5 Å². The second kappa shape index (κ2) is 8.32. The van der Waals surface area contributed by atoms with Crippen molar-refractivity contribution in [1.82, 2.24) is 15.1 Å². The number of aryl methyl sites for hydroxylation is 1. The second-order valence-corrected chi connectivity index (χ2v) is 6.76. The maximum absolute atomic E-state index is 12.7. The Morgan fingerprint density at radius 2 is 2.10 bits per heavy atom. The molecular weight excluding hydrogens is 372 g/mol. The van der Waals surface area contributed by atoms with Crippen LogP contribution in [-0.2, 0) is 11.3 Å². The molecule has 1 amide bonds. The van der Waals surface area contributed by atoms with E-state index >= 15 is 0 Å². The predicted octanol–water partition coefficient (Wildman–Crippen LogP) is 2.89. The third-order valence-electron chi connectivity index (χ3n) is 4.65. The normalized spacial score (nSPS) is 13.9. The molecule has 150 valence electrons. The molecule has 1 aromatic heterocycles. The number of nitrogens with one attached hydrogen (secondary N) is 1. The highest BCUT2D eigenvalue weighted by molar-refractivity contribution is 5.94. The van der Waals surface area contributed by atoms with E-state index in [1.165, 1.54) is 0 Å². The predicted molar refractivity (Wildman–Crippen MR) is 107 cm³/mol. The van der Waals surface area contributed by atoms with Crippen LogP contribution in [0.4, 0.5) is 5.69 Å². The fraction of sp³-hybridized carbons (Fsp3) is 0.286. The van der Waals surface area contributed by atoms with Gasteiger partial charge in [0.15, 0.2) is 0 Å². The van der Waals surface area contributed by atoms with Crippen LogP contribution < -0.4 is 14.8 Å². The molecule has 0 fully saturated rings. The van der Waals surface area contributed by atoms with Crippen molar-refractivity contribution < 1.29 is 18.7 Å². The van der Waals surface area contributed by atoms with Crippen LogP contribution in [0.1, 0.15) is 11.5 Å². The fourth-order valence-corrected chi connectivity index (χ4v) is 3.26. The van der Waals surface area contributed by atoms with E-state index in [0.717, 1.165) is 11.3 Å². The smallest absolute Gasteiger partial charge is 0.247 e. The van der Waals surface area contributed by atoms with Gasteiger partial charge >= 0.3 is 0 Å². The van der Waals surface area contributed by atoms with Crippen molar-refractivity contribution in [3.8, 4) is 23.0 Å². The first kappa shape index (κ1) is 18.9. The summed E-state index contributed by atoms with van der Waals surface area (Å²) < 4.78 is 16.6. The van der Waals surface area contributed by atoms with Crippen molar-refractivity contribution >= 4 is 11.6 Å². The summed E-state index contributed by atoms with van der Waals surface area (Å²) in [4.78, 5) is 14.8. The van der Waals surface area contributed by atoms with E-state index in [1.54, 1.807) is 26.2 Å². The molecule has 1 N–H and O–H groups in total. The molecular formula is C21H22N4O4. The minimum atomic E-state index is -0.137. The Morgan fingerprint density at radius 1 is 1.24 bits per heavy atom. The minimum absolute atomic E-state index is 0.137. The average Bonchev–Trinajstić information content (AvgIpc) is 3.04. The van der Waals surface area contributed by atoms with E-state index in [4.69, 9.17) is 13.9 Å². The Hall–Kier alpha value is -3.39. The standard InChI is InChI=1S/C21H22N4O4/c1-14-23-24-21(29-14)15-7-8-19(27-2)17(11-15)22-20(26)13-25-9-10-28-18-6-4-3-5-16(18)12-25/h3-8,11H,9-10,12-13H2,1-2H3,(H,22,26). The van der Waals surface area contributed by atoms with E-state index in [9.17, 15) is 4.79 Å². The van der Waals surface area contributed by atoms with Crippen LogP contribution in [0.5, 0.6) is 11.5 Å². The summed E-state index contributed by atoms with van der Waals surface area (Å²) in [7, 11) is 1.56. The van der Waals surface area contributed by atoms with E-state index in [-0.39, 0.29) is 12.5 Å².